The first-order valence-corrected chi connectivity index (χ1v) is 13.3. The van der Waals surface area contributed by atoms with Gasteiger partial charge in [0.2, 0.25) is 0 Å². The van der Waals surface area contributed by atoms with Gasteiger partial charge in [0.25, 0.3) is 0 Å². The van der Waals surface area contributed by atoms with Crippen LogP contribution in [0.5, 0.6) is 0 Å². The van der Waals surface area contributed by atoms with Crippen LogP contribution in [0.2, 0.25) is 0 Å². The number of benzene rings is 4. The van der Waals surface area contributed by atoms with Crippen molar-refractivity contribution in [2.24, 2.45) is 0 Å². The molecule has 6 aromatic rings. The topological polar surface area (TPSA) is 25.8 Å². The first-order chi connectivity index (χ1) is 18.3. The molecule has 0 amide bonds. The van der Waals surface area contributed by atoms with Gasteiger partial charge in [0.15, 0.2) is 0 Å². The van der Waals surface area contributed by atoms with Gasteiger partial charge in [-0.15, -0.1) is 0 Å². The predicted octanol–water partition coefficient (Wildman–Crippen LogP) is 7.77. The lowest BCUT2D eigenvalue weighted by Gasteiger charge is -2.15. The zero-order valence-corrected chi connectivity index (χ0v) is 21.3. The highest BCUT2D eigenvalue weighted by molar-refractivity contribution is 7.55. The van der Waals surface area contributed by atoms with Crippen LogP contribution >= 0.6 is 8.58 Å². The average Bonchev–Trinajstić information content (AvgIpc) is 2.99. The van der Waals surface area contributed by atoms with Gasteiger partial charge in [0.1, 0.15) is 0 Å². The summed E-state index contributed by atoms with van der Waals surface area (Å²) in [6.07, 6.45) is 3.98. The van der Waals surface area contributed by atoms with Crippen molar-refractivity contribution in [3.63, 3.8) is 0 Å². The Kier molecular flexibility index (Phi) is 6.66. The molecule has 0 spiro atoms. The van der Waals surface area contributed by atoms with Gasteiger partial charge in [-0.05, 0) is 43.0 Å². The van der Waals surface area contributed by atoms with Gasteiger partial charge in [0.05, 0.1) is 10.9 Å². The van der Waals surface area contributed by atoms with Gasteiger partial charge in [-0.25, -0.2) is 0 Å². The van der Waals surface area contributed by atoms with Crippen molar-refractivity contribution in [1.29, 1.82) is 0 Å². The van der Waals surface area contributed by atoms with E-state index in [0.717, 1.165) is 55.4 Å². The van der Waals surface area contributed by atoms with E-state index in [-0.39, 0.29) is 0 Å². The Morgan fingerprint density at radius 3 is 1.03 bits per heavy atom. The molecule has 0 saturated carbocycles. The Labute approximate surface area is 219 Å². The Morgan fingerprint density at radius 1 is 0.351 bits per heavy atom. The molecule has 0 fully saturated rings. The van der Waals surface area contributed by atoms with Gasteiger partial charge in [-0.3, -0.25) is 9.97 Å². The third kappa shape index (κ3) is 5.11. The van der Waals surface area contributed by atoms with Crippen LogP contribution in [-0.2, 0) is 0 Å². The van der Waals surface area contributed by atoms with E-state index in [1.165, 1.54) is 0 Å². The molecule has 2 aromatic heterocycles. The van der Waals surface area contributed by atoms with Crippen LogP contribution in [0.25, 0.3) is 44.5 Å². The number of hydrogen-bond donors (Lipinski definition) is 0. The van der Waals surface area contributed by atoms with Gasteiger partial charge < -0.3 is 0 Å². The maximum Gasteiger partial charge on any atom is 0.0739 e. The highest BCUT2D eigenvalue weighted by Crippen LogP contribution is 2.31. The van der Waals surface area contributed by atoms with Crippen molar-refractivity contribution in [2.75, 3.05) is 0 Å². The lowest BCUT2D eigenvalue weighted by Crippen LogP contribution is -2.15. The van der Waals surface area contributed by atoms with Crippen molar-refractivity contribution in [3.8, 4) is 44.5 Å². The highest BCUT2D eigenvalue weighted by Gasteiger charge is 2.15. The number of aromatic nitrogens is 2. The summed E-state index contributed by atoms with van der Waals surface area (Å²) in [5, 5.41) is 0. The lowest BCUT2D eigenvalue weighted by molar-refractivity contribution is 1.37. The fourth-order valence-corrected chi connectivity index (χ4v) is 5.68. The quantitative estimate of drug-likeness (QED) is 0.222. The van der Waals surface area contributed by atoms with Crippen molar-refractivity contribution in [1.82, 2.24) is 9.97 Å². The molecule has 0 aliphatic heterocycles. The summed E-state index contributed by atoms with van der Waals surface area (Å²) in [5.41, 5.74) is 11.3. The number of pyridine rings is 2. The molecule has 0 saturated heterocycles. The first-order valence-electron chi connectivity index (χ1n) is 12.3. The summed E-state index contributed by atoms with van der Waals surface area (Å²) in [6, 6.07) is 46.5. The summed E-state index contributed by atoms with van der Waals surface area (Å²) >= 11 is 0. The second-order valence-corrected chi connectivity index (χ2v) is 10.0. The minimum atomic E-state index is 0.311. The van der Waals surface area contributed by atoms with Crippen LogP contribution in [0, 0.1) is 0 Å². The third-order valence-electron chi connectivity index (χ3n) is 6.40. The third-order valence-corrected chi connectivity index (χ3v) is 7.67. The maximum atomic E-state index is 5.01. The van der Waals surface area contributed by atoms with Crippen LogP contribution in [-0.4, -0.2) is 9.97 Å². The van der Waals surface area contributed by atoms with Crippen LogP contribution in [0.15, 0.2) is 146 Å². The minimum Gasteiger partial charge on any atom is -0.255 e. The van der Waals surface area contributed by atoms with Crippen molar-refractivity contribution >= 4 is 19.5 Å². The maximum absolute atomic E-state index is 5.01. The molecular weight excluding hydrogens is 467 g/mol. The minimum absolute atomic E-state index is 0.311. The molecule has 3 heteroatoms. The largest absolute Gasteiger partial charge is 0.255 e. The molecule has 6 rings (SSSR count). The molecule has 2 heterocycles. The van der Waals surface area contributed by atoms with Crippen LogP contribution in [0.4, 0.5) is 0 Å². The molecule has 2 nitrogen and oxygen atoms in total. The normalized spacial score (nSPS) is 10.8. The second-order valence-electron chi connectivity index (χ2n) is 8.83. The second kappa shape index (κ2) is 10.7. The summed E-state index contributed by atoms with van der Waals surface area (Å²) in [4.78, 5) is 10.0. The van der Waals surface area contributed by atoms with Gasteiger partial charge in [-0.2, -0.15) is 0 Å². The molecular formula is C34H25N2P. The van der Waals surface area contributed by atoms with E-state index in [1.807, 2.05) is 24.5 Å². The number of nitrogens with zero attached hydrogens (tertiary/aromatic N) is 2. The molecule has 37 heavy (non-hydrogen) atoms. The fraction of sp³-hybridized carbons (Fsp3) is 0. The van der Waals surface area contributed by atoms with Gasteiger partial charge >= 0.3 is 0 Å². The lowest BCUT2D eigenvalue weighted by atomic mass is 10.0. The van der Waals surface area contributed by atoms with Gasteiger partial charge in [-0.1, -0.05) is 121 Å². The zero-order valence-electron chi connectivity index (χ0n) is 20.3. The zero-order chi connectivity index (χ0) is 24.9. The summed E-state index contributed by atoms with van der Waals surface area (Å²) in [7, 11) is 0.311. The number of rotatable bonds is 6. The fourth-order valence-electron chi connectivity index (χ4n) is 4.49. The first kappa shape index (κ1) is 23.0. The van der Waals surface area contributed by atoms with E-state index in [2.05, 4.69) is 121 Å². The monoisotopic (exact) mass is 492 g/mol. The van der Waals surface area contributed by atoms with Crippen LogP contribution in [0.1, 0.15) is 0 Å². The molecule has 0 aliphatic carbocycles. The van der Waals surface area contributed by atoms with E-state index in [1.54, 1.807) is 0 Å². The average molecular weight is 493 g/mol. The van der Waals surface area contributed by atoms with Crippen molar-refractivity contribution < 1.29 is 0 Å². The molecule has 0 bridgehead atoms. The van der Waals surface area contributed by atoms with E-state index < -0.39 is 0 Å². The molecule has 0 N–H and O–H groups in total. The Hall–Kier alpha value is -4.39. The summed E-state index contributed by atoms with van der Waals surface area (Å²) in [6.45, 7) is 0. The standard InChI is InChI=1S/C34H25N2P/c1-5-13-25(14-6-1)29-21-31(27-17-9-3-10-18-27)33(35-23-29)37-34-32(28-19-11-4-12-20-28)22-30(24-36-34)26-15-7-2-8-16-26/h1-24,37H. The molecule has 0 aliphatic rings. The SMILES string of the molecule is c1ccc(-c2cnc(Pc3ncc(-c4ccccc4)cc3-c3ccccc3)c(-c3ccccc3)c2)cc1. The van der Waals surface area contributed by atoms with E-state index >= 15 is 0 Å². The van der Waals surface area contributed by atoms with Crippen LogP contribution in [0.3, 0.4) is 0 Å². The van der Waals surface area contributed by atoms with Crippen molar-refractivity contribution in [3.05, 3.63) is 146 Å². The Morgan fingerprint density at radius 2 is 0.676 bits per heavy atom. The van der Waals surface area contributed by atoms with Crippen LogP contribution < -0.4 is 10.9 Å². The summed E-state index contributed by atoms with van der Waals surface area (Å²) < 4.78 is 0. The smallest absolute Gasteiger partial charge is 0.0739 e. The predicted molar refractivity (Wildman–Crippen MR) is 158 cm³/mol. The summed E-state index contributed by atoms with van der Waals surface area (Å²) in [5.74, 6) is 0. The Bertz CT molecular complexity index is 1490. The molecule has 4 aromatic carbocycles. The van der Waals surface area contributed by atoms with E-state index in [9.17, 15) is 0 Å². The van der Waals surface area contributed by atoms with E-state index in [0.29, 0.717) is 8.58 Å². The highest BCUT2D eigenvalue weighted by atomic mass is 31.1. The Balaban J connectivity index is 1.47. The van der Waals surface area contributed by atoms with E-state index in [4.69, 9.17) is 9.97 Å². The molecule has 0 unspecified atom stereocenters. The molecule has 176 valence electrons. The molecule has 0 atom stereocenters. The molecule has 0 radical (unpaired) electrons. The number of hydrogen-bond acceptors (Lipinski definition) is 2. The van der Waals surface area contributed by atoms with Gasteiger partial charge in [0, 0.05) is 34.6 Å². The van der Waals surface area contributed by atoms with Crippen molar-refractivity contribution in [2.45, 2.75) is 0 Å².